The van der Waals surface area contributed by atoms with E-state index in [2.05, 4.69) is 20.9 Å². The van der Waals surface area contributed by atoms with Crippen molar-refractivity contribution in [3.8, 4) is 0 Å². The van der Waals surface area contributed by atoms with E-state index in [0.717, 1.165) is 24.3 Å². The summed E-state index contributed by atoms with van der Waals surface area (Å²) < 4.78 is 7.24. The van der Waals surface area contributed by atoms with Gasteiger partial charge in [0.1, 0.15) is 0 Å². The Hall–Kier alpha value is -3.82. The van der Waals surface area contributed by atoms with Crippen molar-refractivity contribution in [2.24, 2.45) is 5.92 Å². The molecule has 2 aliphatic rings. The fraction of sp³-hybridized carbons (Fsp3) is 0.367. The van der Waals surface area contributed by atoms with Crippen molar-refractivity contribution < 1.29 is 14.3 Å². The second-order valence-corrected chi connectivity index (χ2v) is 10.7. The molecule has 1 fully saturated rings. The van der Waals surface area contributed by atoms with E-state index in [0.29, 0.717) is 67.1 Å². The standard InChI is InChI=1S/C30H34ClN5O4/c1-2-40-14-4-13-32-29(38)21-7-12-27(25(16-21)34-30(39)33-24-10-8-23(31)9-11-24)35-17-20-15-22(19-35)26-5-3-6-28(37)36(26)18-20/h3,5-12,16,20,22H,2,4,13-15,17-19H2,1H3,(H,32,38)(H2,33,34,39). The second kappa shape index (κ2) is 12.6. The number of nitrogens with one attached hydrogen (secondary N) is 3. The van der Waals surface area contributed by atoms with E-state index in [-0.39, 0.29) is 17.4 Å². The molecule has 1 aromatic heterocycles. The lowest BCUT2D eigenvalue weighted by atomic mass is 9.83. The Morgan fingerprint density at radius 1 is 1.02 bits per heavy atom. The van der Waals surface area contributed by atoms with Crippen LogP contribution < -0.4 is 26.4 Å². The van der Waals surface area contributed by atoms with E-state index in [9.17, 15) is 14.4 Å². The van der Waals surface area contributed by atoms with Crippen molar-refractivity contribution in [1.29, 1.82) is 0 Å². The number of hydrogen-bond acceptors (Lipinski definition) is 5. The third kappa shape index (κ3) is 6.48. The first-order valence-electron chi connectivity index (χ1n) is 13.7. The molecule has 2 bridgehead atoms. The molecular weight excluding hydrogens is 530 g/mol. The second-order valence-electron chi connectivity index (χ2n) is 10.2. The predicted molar refractivity (Wildman–Crippen MR) is 158 cm³/mol. The summed E-state index contributed by atoms with van der Waals surface area (Å²) in [6.45, 7) is 5.78. The quantitative estimate of drug-likeness (QED) is 0.320. The molecule has 3 N–H and O–H groups in total. The molecule has 0 radical (unpaired) electrons. The number of piperidine rings is 1. The highest BCUT2D eigenvalue weighted by molar-refractivity contribution is 6.30. The van der Waals surface area contributed by atoms with Crippen LogP contribution >= 0.6 is 11.6 Å². The zero-order chi connectivity index (χ0) is 28.1. The fourth-order valence-corrected chi connectivity index (χ4v) is 5.71. The maximum absolute atomic E-state index is 13.0. The van der Waals surface area contributed by atoms with Crippen LogP contribution in [0.25, 0.3) is 0 Å². The smallest absolute Gasteiger partial charge is 0.323 e. The van der Waals surface area contributed by atoms with Crippen molar-refractivity contribution in [2.45, 2.75) is 32.2 Å². The van der Waals surface area contributed by atoms with Crippen LogP contribution in [-0.2, 0) is 11.3 Å². The number of fused-ring (bicyclic) bond motifs is 4. The number of ether oxygens (including phenoxy) is 1. The lowest BCUT2D eigenvalue weighted by Gasteiger charge is -2.44. The molecule has 2 unspecified atom stereocenters. The molecule has 10 heteroatoms. The van der Waals surface area contributed by atoms with Crippen molar-refractivity contribution in [1.82, 2.24) is 9.88 Å². The van der Waals surface area contributed by atoms with Gasteiger partial charge in [-0.3, -0.25) is 9.59 Å². The van der Waals surface area contributed by atoms with Crippen molar-refractivity contribution in [3.05, 3.63) is 87.3 Å². The van der Waals surface area contributed by atoms with E-state index >= 15 is 0 Å². The molecule has 0 aliphatic carbocycles. The minimum atomic E-state index is -0.424. The molecule has 0 saturated carbocycles. The lowest BCUT2D eigenvalue weighted by Crippen LogP contribution is -2.47. The number of pyridine rings is 1. The third-order valence-corrected chi connectivity index (χ3v) is 7.64. The summed E-state index contributed by atoms with van der Waals surface area (Å²) >= 11 is 5.98. The van der Waals surface area contributed by atoms with Crippen LogP contribution in [0.15, 0.2) is 65.5 Å². The van der Waals surface area contributed by atoms with Crippen LogP contribution in [0.2, 0.25) is 5.02 Å². The number of carbonyl (C=O) groups excluding carboxylic acids is 2. The summed E-state index contributed by atoms with van der Waals surface area (Å²) in [4.78, 5) is 40.7. The van der Waals surface area contributed by atoms with Crippen LogP contribution in [0.5, 0.6) is 0 Å². The topological polar surface area (TPSA) is 105 Å². The maximum Gasteiger partial charge on any atom is 0.323 e. The third-order valence-electron chi connectivity index (χ3n) is 7.38. The SMILES string of the molecule is CCOCCCNC(=O)c1ccc(N2CC3CC(C2)c2cccc(=O)n2C3)c(NC(=O)Nc2ccc(Cl)cc2)c1. The minimum Gasteiger partial charge on any atom is -0.382 e. The lowest BCUT2D eigenvalue weighted by molar-refractivity contribution is 0.0944. The first-order chi connectivity index (χ1) is 19.4. The van der Waals surface area contributed by atoms with Crippen LogP contribution in [-0.4, -0.2) is 49.4 Å². The Bertz CT molecular complexity index is 1420. The zero-order valence-corrected chi connectivity index (χ0v) is 23.2. The number of benzene rings is 2. The summed E-state index contributed by atoms with van der Waals surface area (Å²) in [7, 11) is 0. The van der Waals surface area contributed by atoms with Gasteiger partial charge in [0.15, 0.2) is 0 Å². The van der Waals surface area contributed by atoms with Gasteiger partial charge in [0, 0.05) is 73.3 Å². The van der Waals surface area contributed by atoms with Gasteiger partial charge in [-0.1, -0.05) is 17.7 Å². The average Bonchev–Trinajstić information content (AvgIpc) is 2.94. The zero-order valence-electron chi connectivity index (χ0n) is 22.5. The summed E-state index contributed by atoms with van der Waals surface area (Å²) in [5.41, 5.74) is 3.52. The molecule has 2 atom stereocenters. The Balaban J connectivity index is 1.38. The summed E-state index contributed by atoms with van der Waals surface area (Å²) in [5, 5.41) is 9.30. The van der Waals surface area contributed by atoms with Crippen molar-refractivity contribution in [2.75, 3.05) is 48.4 Å². The van der Waals surface area contributed by atoms with Gasteiger partial charge in [0.25, 0.3) is 11.5 Å². The van der Waals surface area contributed by atoms with Crippen LogP contribution in [0, 0.1) is 5.92 Å². The molecule has 5 rings (SSSR count). The van der Waals surface area contributed by atoms with E-state index < -0.39 is 6.03 Å². The first kappa shape index (κ1) is 27.7. The van der Waals surface area contributed by atoms with Crippen molar-refractivity contribution in [3.63, 3.8) is 0 Å². The number of urea groups is 1. The average molecular weight is 564 g/mol. The highest BCUT2D eigenvalue weighted by Crippen LogP contribution is 2.39. The predicted octanol–water partition coefficient (Wildman–Crippen LogP) is 4.93. The number of rotatable bonds is 9. The highest BCUT2D eigenvalue weighted by atomic mass is 35.5. The molecule has 40 heavy (non-hydrogen) atoms. The minimum absolute atomic E-state index is 0.0403. The highest BCUT2D eigenvalue weighted by Gasteiger charge is 2.35. The van der Waals surface area contributed by atoms with Gasteiger partial charge >= 0.3 is 6.03 Å². The first-order valence-corrected chi connectivity index (χ1v) is 14.1. The van der Waals surface area contributed by atoms with Gasteiger partial charge in [-0.05, 0) is 74.2 Å². The molecule has 210 valence electrons. The van der Waals surface area contributed by atoms with Crippen LogP contribution in [0.4, 0.5) is 21.9 Å². The van der Waals surface area contributed by atoms with Crippen molar-refractivity contribution >= 4 is 40.6 Å². The van der Waals surface area contributed by atoms with Gasteiger partial charge in [-0.2, -0.15) is 0 Å². The number of anilines is 3. The summed E-state index contributed by atoms with van der Waals surface area (Å²) in [5.74, 6) is 0.286. The number of halogens is 1. The Kier molecular flexibility index (Phi) is 8.72. The molecule has 3 heterocycles. The normalized spacial score (nSPS) is 17.6. The Morgan fingerprint density at radius 3 is 2.65 bits per heavy atom. The molecule has 2 aliphatic heterocycles. The molecular formula is C30H34ClN5O4. The van der Waals surface area contributed by atoms with Gasteiger partial charge < -0.3 is 30.2 Å². The monoisotopic (exact) mass is 563 g/mol. The van der Waals surface area contributed by atoms with E-state index in [1.807, 2.05) is 29.7 Å². The number of nitrogens with zero attached hydrogens (tertiary/aromatic N) is 2. The molecule has 1 saturated heterocycles. The molecule has 9 nitrogen and oxygen atoms in total. The number of amides is 3. The van der Waals surface area contributed by atoms with E-state index in [1.165, 1.54) is 0 Å². The van der Waals surface area contributed by atoms with Crippen LogP contribution in [0.1, 0.15) is 41.7 Å². The van der Waals surface area contributed by atoms with E-state index in [4.69, 9.17) is 16.3 Å². The number of aromatic nitrogens is 1. The molecule has 2 aromatic carbocycles. The molecule has 3 amide bonds. The summed E-state index contributed by atoms with van der Waals surface area (Å²) in [6.07, 6.45) is 1.73. The maximum atomic E-state index is 13.0. The number of hydrogen-bond donors (Lipinski definition) is 3. The fourth-order valence-electron chi connectivity index (χ4n) is 5.59. The van der Waals surface area contributed by atoms with Crippen LogP contribution in [0.3, 0.4) is 0 Å². The summed E-state index contributed by atoms with van der Waals surface area (Å²) in [6, 6.07) is 17.3. The van der Waals surface area contributed by atoms with Gasteiger partial charge in [0.2, 0.25) is 0 Å². The Labute approximate surface area is 238 Å². The molecule has 0 spiro atoms. The van der Waals surface area contributed by atoms with E-state index in [1.54, 1.807) is 42.5 Å². The van der Waals surface area contributed by atoms with Gasteiger partial charge in [0.05, 0.1) is 11.4 Å². The van der Waals surface area contributed by atoms with Gasteiger partial charge in [-0.15, -0.1) is 0 Å². The van der Waals surface area contributed by atoms with Gasteiger partial charge in [-0.25, -0.2) is 4.79 Å². The molecule has 3 aromatic rings. The largest absolute Gasteiger partial charge is 0.382 e. The number of carbonyl (C=O) groups is 2. The Morgan fingerprint density at radius 2 is 1.85 bits per heavy atom.